The molecule has 0 aliphatic carbocycles. The average molecular weight is 495 g/mol. The van der Waals surface area contributed by atoms with Gasteiger partial charge in [-0.2, -0.15) is 0 Å². The van der Waals surface area contributed by atoms with E-state index in [2.05, 4.69) is 9.97 Å². The van der Waals surface area contributed by atoms with Crippen LogP contribution in [0.15, 0.2) is 34.4 Å². The summed E-state index contributed by atoms with van der Waals surface area (Å²) in [7, 11) is 0. The number of unbranched alkanes of at least 4 members (excludes halogenated alkanes) is 1. The van der Waals surface area contributed by atoms with Gasteiger partial charge in [0.15, 0.2) is 0 Å². The summed E-state index contributed by atoms with van der Waals surface area (Å²) >= 11 is 1.29. The third kappa shape index (κ3) is 5.78. The van der Waals surface area contributed by atoms with Gasteiger partial charge in [-0.15, -0.1) is 23.7 Å². The lowest BCUT2D eigenvalue weighted by molar-refractivity contribution is -0.135. The van der Waals surface area contributed by atoms with Crippen molar-refractivity contribution < 1.29 is 14.3 Å². The van der Waals surface area contributed by atoms with E-state index in [1.165, 1.54) is 23.5 Å². The van der Waals surface area contributed by atoms with Crippen LogP contribution in [0.25, 0.3) is 21.3 Å². The Bertz CT molecular complexity index is 1160. The van der Waals surface area contributed by atoms with E-state index in [-0.39, 0.29) is 36.1 Å². The molecule has 33 heavy (non-hydrogen) atoms. The highest BCUT2D eigenvalue weighted by molar-refractivity contribution is 7.17. The van der Waals surface area contributed by atoms with Gasteiger partial charge in [0.1, 0.15) is 16.3 Å². The second kappa shape index (κ2) is 10.7. The lowest BCUT2D eigenvalue weighted by Crippen LogP contribution is -2.48. The van der Waals surface area contributed by atoms with E-state index in [9.17, 15) is 19.1 Å². The number of amides is 1. The molecule has 4 rings (SSSR count). The van der Waals surface area contributed by atoms with Gasteiger partial charge in [-0.3, -0.25) is 9.59 Å². The Morgan fingerprint density at radius 2 is 1.94 bits per heavy atom. The zero-order valence-corrected chi connectivity index (χ0v) is 19.8. The number of nitrogens with one attached hydrogen (secondary N) is 1. The van der Waals surface area contributed by atoms with Crippen LogP contribution in [0.2, 0.25) is 0 Å². The molecule has 3 aromatic rings. The topological polar surface area (TPSA) is 112 Å². The van der Waals surface area contributed by atoms with Gasteiger partial charge in [0.2, 0.25) is 5.91 Å². The van der Waals surface area contributed by atoms with Crippen molar-refractivity contribution in [2.75, 3.05) is 19.6 Å². The molecule has 0 spiro atoms. The zero-order valence-electron chi connectivity index (χ0n) is 18.2. The number of rotatable bonds is 7. The number of thiophene rings is 1. The summed E-state index contributed by atoms with van der Waals surface area (Å²) in [5.41, 5.74) is 6.29. The largest absolute Gasteiger partial charge is 0.389 e. The van der Waals surface area contributed by atoms with Gasteiger partial charge in [-0.05, 0) is 49.9 Å². The van der Waals surface area contributed by atoms with E-state index in [1.807, 2.05) is 5.38 Å². The van der Waals surface area contributed by atoms with Crippen LogP contribution in [0.3, 0.4) is 0 Å². The molecular weight excluding hydrogens is 467 g/mol. The van der Waals surface area contributed by atoms with Gasteiger partial charge in [0.05, 0.1) is 11.1 Å². The summed E-state index contributed by atoms with van der Waals surface area (Å²) in [5, 5.41) is 13.0. The molecule has 1 fully saturated rings. The Kier molecular flexibility index (Phi) is 8.23. The average Bonchev–Trinajstić information content (AvgIpc) is 3.19. The van der Waals surface area contributed by atoms with Crippen LogP contribution in [0.4, 0.5) is 4.39 Å². The van der Waals surface area contributed by atoms with Crippen LogP contribution in [0.5, 0.6) is 0 Å². The fraction of sp³-hybridized carbons (Fsp3) is 0.435. The van der Waals surface area contributed by atoms with Crippen LogP contribution in [-0.2, 0) is 11.2 Å². The van der Waals surface area contributed by atoms with Gasteiger partial charge in [0, 0.05) is 36.9 Å². The number of likely N-dealkylation sites (tertiary alicyclic amines) is 1. The minimum Gasteiger partial charge on any atom is -0.389 e. The number of aromatic amines is 1. The number of benzene rings is 1. The molecule has 1 aliphatic heterocycles. The van der Waals surface area contributed by atoms with E-state index < -0.39 is 5.60 Å². The number of aliphatic hydroxyl groups is 1. The van der Waals surface area contributed by atoms with Gasteiger partial charge < -0.3 is 20.7 Å². The first-order valence-electron chi connectivity index (χ1n) is 10.8. The summed E-state index contributed by atoms with van der Waals surface area (Å²) in [6.45, 7) is 1.53. The molecule has 0 bridgehead atoms. The highest BCUT2D eigenvalue weighted by Gasteiger charge is 2.34. The Morgan fingerprint density at radius 1 is 1.24 bits per heavy atom. The number of H-pyrrole nitrogens is 1. The van der Waals surface area contributed by atoms with Crippen LogP contribution in [0.1, 0.15) is 37.9 Å². The highest BCUT2D eigenvalue weighted by Crippen LogP contribution is 2.32. The summed E-state index contributed by atoms with van der Waals surface area (Å²) < 4.78 is 13.8. The third-order valence-electron chi connectivity index (χ3n) is 6.02. The number of aromatic nitrogens is 2. The van der Waals surface area contributed by atoms with Crippen molar-refractivity contribution in [3.63, 3.8) is 0 Å². The smallest absolute Gasteiger partial charge is 0.268 e. The second-order valence-corrected chi connectivity index (χ2v) is 9.25. The summed E-state index contributed by atoms with van der Waals surface area (Å²) in [4.78, 5) is 34.2. The number of carbonyl (C=O) groups is 1. The third-order valence-corrected chi connectivity index (χ3v) is 6.99. The molecule has 1 aliphatic rings. The van der Waals surface area contributed by atoms with Crippen molar-refractivity contribution in [3.05, 3.63) is 51.6 Å². The lowest BCUT2D eigenvalue weighted by atomic mass is 9.87. The Hall–Kier alpha value is -2.33. The number of carbonyl (C=O) groups excluding carboxylic acids is 1. The van der Waals surface area contributed by atoms with Gasteiger partial charge in [-0.25, -0.2) is 9.37 Å². The van der Waals surface area contributed by atoms with Crippen LogP contribution < -0.4 is 11.3 Å². The predicted molar refractivity (Wildman–Crippen MR) is 130 cm³/mol. The van der Waals surface area contributed by atoms with Gasteiger partial charge in [-0.1, -0.05) is 12.1 Å². The standard InChI is InChI=1S/C23H27FN4O3S.ClH/c24-16-6-4-15(5-7-16)17-14-32-21-20(17)26-18(27-22(21)30)13-23(31)8-11-28(12-9-23)19(29)3-1-2-10-25;/h4-7,14,31H,1-3,8-13,25H2,(H,26,27,30);1H. The minimum atomic E-state index is -1.04. The SMILES string of the molecule is Cl.NCCCCC(=O)N1CCC(O)(Cc2nc3c(-c4ccc(F)cc4)csc3c(=O)[nH]2)CC1. The molecule has 0 unspecified atom stereocenters. The lowest BCUT2D eigenvalue weighted by Gasteiger charge is -2.38. The van der Waals surface area contributed by atoms with E-state index >= 15 is 0 Å². The van der Waals surface area contributed by atoms with E-state index in [1.54, 1.807) is 17.0 Å². The number of piperidine rings is 1. The van der Waals surface area contributed by atoms with Crippen molar-refractivity contribution in [3.8, 4) is 11.1 Å². The molecule has 1 saturated heterocycles. The molecule has 0 radical (unpaired) electrons. The molecule has 7 nitrogen and oxygen atoms in total. The van der Waals surface area contributed by atoms with Crippen molar-refractivity contribution in [2.45, 2.75) is 44.1 Å². The number of halogens is 2. The van der Waals surface area contributed by atoms with E-state index in [0.29, 0.717) is 54.9 Å². The van der Waals surface area contributed by atoms with Crippen molar-refractivity contribution in [2.24, 2.45) is 5.73 Å². The molecule has 178 valence electrons. The van der Waals surface area contributed by atoms with Crippen LogP contribution in [-0.4, -0.2) is 51.1 Å². The number of nitrogens with zero attached hydrogens (tertiary/aromatic N) is 2. The minimum absolute atomic E-state index is 0. The summed E-state index contributed by atoms with van der Waals surface area (Å²) in [6, 6.07) is 6.07. The van der Waals surface area contributed by atoms with Gasteiger partial charge >= 0.3 is 0 Å². The maximum absolute atomic E-state index is 13.3. The predicted octanol–water partition coefficient (Wildman–Crippen LogP) is 3.24. The maximum Gasteiger partial charge on any atom is 0.268 e. The van der Waals surface area contributed by atoms with Crippen molar-refractivity contribution in [1.29, 1.82) is 0 Å². The monoisotopic (exact) mass is 494 g/mol. The van der Waals surface area contributed by atoms with Crippen molar-refractivity contribution in [1.82, 2.24) is 14.9 Å². The zero-order chi connectivity index (χ0) is 22.7. The maximum atomic E-state index is 13.3. The molecule has 2 aromatic heterocycles. The second-order valence-electron chi connectivity index (χ2n) is 8.37. The van der Waals surface area contributed by atoms with Crippen molar-refractivity contribution >= 4 is 39.9 Å². The quantitative estimate of drug-likeness (QED) is 0.436. The first kappa shape index (κ1) is 25.3. The van der Waals surface area contributed by atoms with Crippen LogP contribution >= 0.6 is 23.7 Å². The molecule has 1 aromatic carbocycles. The fourth-order valence-electron chi connectivity index (χ4n) is 4.13. The molecule has 0 atom stereocenters. The molecule has 0 saturated carbocycles. The van der Waals surface area contributed by atoms with E-state index in [4.69, 9.17) is 5.73 Å². The van der Waals surface area contributed by atoms with Gasteiger partial charge in [0.25, 0.3) is 5.56 Å². The Morgan fingerprint density at radius 3 is 2.61 bits per heavy atom. The highest BCUT2D eigenvalue weighted by atomic mass is 35.5. The molecular formula is C23H28ClFN4O3S. The summed E-state index contributed by atoms with van der Waals surface area (Å²) in [6.07, 6.45) is 3.13. The van der Waals surface area contributed by atoms with E-state index in [0.717, 1.165) is 24.0 Å². The Balaban J connectivity index is 0.00000306. The number of hydrogen-bond donors (Lipinski definition) is 3. The van der Waals surface area contributed by atoms with Crippen LogP contribution in [0, 0.1) is 5.82 Å². The molecule has 4 N–H and O–H groups in total. The normalized spacial score (nSPS) is 15.4. The number of nitrogens with two attached hydrogens (primary N) is 1. The first-order chi connectivity index (χ1) is 15.4. The molecule has 3 heterocycles. The fourth-order valence-corrected chi connectivity index (χ4v) is 5.04. The number of hydrogen-bond acceptors (Lipinski definition) is 6. The Labute approximate surface area is 201 Å². The first-order valence-corrected chi connectivity index (χ1v) is 11.7. The molecule has 10 heteroatoms. The summed E-state index contributed by atoms with van der Waals surface area (Å²) in [5.74, 6) is 0.177. The molecule has 1 amide bonds. The number of fused-ring (bicyclic) bond motifs is 1.